The van der Waals surface area contributed by atoms with Crippen molar-refractivity contribution in [2.75, 3.05) is 25.1 Å². The van der Waals surface area contributed by atoms with Gasteiger partial charge in [0, 0.05) is 31.8 Å². The number of benzene rings is 2. The van der Waals surface area contributed by atoms with Crippen LogP contribution in [0.2, 0.25) is 0 Å². The molecule has 0 saturated heterocycles. The Balaban J connectivity index is 1.90. The van der Waals surface area contributed by atoms with Crippen LogP contribution in [-0.2, 0) is 16.0 Å². The van der Waals surface area contributed by atoms with Crippen molar-refractivity contribution in [2.45, 2.75) is 20.3 Å². The molecule has 2 aromatic carbocycles. The van der Waals surface area contributed by atoms with Crippen LogP contribution in [0.5, 0.6) is 5.75 Å². The summed E-state index contributed by atoms with van der Waals surface area (Å²) in [7, 11) is 1.59. The van der Waals surface area contributed by atoms with Crippen LogP contribution in [0.1, 0.15) is 18.1 Å². The third kappa shape index (κ3) is 5.64. The highest BCUT2D eigenvalue weighted by atomic mass is 16.5. The SMILES string of the molecule is COc1cccc(N(CCNC(=O)Cc2cccc(C)c2)C(C)=O)c1. The van der Waals surface area contributed by atoms with Crippen molar-refractivity contribution in [2.24, 2.45) is 0 Å². The molecule has 0 spiro atoms. The van der Waals surface area contributed by atoms with Gasteiger partial charge < -0.3 is 15.0 Å². The van der Waals surface area contributed by atoms with Gasteiger partial charge in [0.15, 0.2) is 0 Å². The number of hydrogen-bond acceptors (Lipinski definition) is 3. The Morgan fingerprint density at radius 1 is 1.12 bits per heavy atom. The molecule has 0 bridgehead atoms. The van der Waals surface area contributed by atoms with E-state index in [1.165, 1.54) is 6.92 Å². The maximum absolute atomic E-state index is 12.1. The van der Waals surface area contributed by atoms with E-state index in [2.05, 4.69) is 5.32 Å². The maximum atomic E-state index is 12.1. The lowest BCUT2D eigenvalue weighted by Gasteiger charge is -2.22. The molecule has 2 rings (SSSR count). The monoisotopic (exact) mass is 340 g/mol. The van der Waals surface area contributed by atoms with Crippen molar-refractivity contribution < 1.29 is 14.3 Å². The van der Waals surface area contributed by atoms with Crippen LogP contribution in [0.4, 0.5) is 5.69 Å². The van der Waals surface area contributed by atoms with Gasteiger partial charge in [-0.15, -0.1) is 0 Å². The van der Waals surface area contributed by atoms with Crippen molar-refractivity contribution in [1.82, 2.24) is 5.32 Å². The van der Waals surface area contributed by atoms with E-state index >= 15 is 0 Å². The molecule has 0 radical (unpaired) electrons. The molecule has 5 heteroatoms. The van der Waals surface area contributed by atoms with Crippen molar-refractivity contribution in [3.8, 4) is 5.75 Å². The van der Waals surface area contributed by atoms with E-state index in [4.69, 9.17) is 4.74 Å². The first kappa shape index (κ1) is 18.5. The van der Waals surface area contributed by atoms with Crippen molar-refractivity contribution in [3.63, 3.8) is 0 Å². The van der Waals surface area contributed by atoms with Gasteiger partial charge in [-0.2, -0.15) is 0 Å². The highest BCUT2D eigenvalue weighted by molar-refractivity contribution is 5.91. The van der Waals surface area contributed by atoms with Gasteiger partial charge in [0.25, 0.3) is 0 Å². The van der Waals surface area contributed by atoms with Gasteiger partial charge in [-0.3, -0.25) is 9.59 Å². The number of ether oxygens (including phenoxy) is 1. The van der Waals surface area contributed by atoms with E-state index in [-0.39, 0.29) is 11.8 Å². The molecule has 0 aliphatic rings. The van der Waals surface area contributed by atoms with Gasteiger partial charge in [0.2, 0.25) is 11.8 Å². The van der Waals surface area contributed by atoms with Crippen molar-refractivity contribution in [3.05, 3.63) is 59.7 Å². The number of nitrogens with one attached hydrogen (secondary N) is 1. The predicted molar refractivity (Wildman–Crippen MR) is 98.9 cm³/mol. The van der Waals surface area contributed by atoms with E-state index in [0.717, 1.165) is 16.8 Å². The summed E-state index contributed by atoms with van der Waals surface area (Å²) >= 11 is 0. The lowest BCUT2D eigenvalue weighted by atomic mass is 10.1. The Labute approximate surface area is 148 Å². The molecule has 0 aromatic heterocycles. The number of carbonyl (C=O) groups excluding carboxylic acids is 2. The molecule has 0 unspecified atom stereocenters. The second kappa shape index (κ2) is 8.87. The Morgan fingerprint density at radius 2 is 1.88 bits per heavy atom. The number of hydrogen-bond donors (Lipinski definition) is 1. The summed E-state index contributed by atoms with van der Waals surface area (Å²) in [5.74, 6) is 0.549. The third-order valence-corrected chi connectivity index (χ3v) is 3.85. The second-order valence-electron chi connectivity index (χ2n) is 5.89. The molecule has 1 N–H and O–H groups in total. The summed E-state index contributed by atoms with van der Waals surface area (Å²) < 4.78 is 5.20. The topological polar surface area (TPSA) is 58.6 Å². The number of carbonyl (C=O) groups is 2. The molecule has 0 heterocycles. The van der Waals surface area contributed by atoms with Crippen LogP contribution >= 0.6 is 0 Å². The highest BCUT2D eigenvalue weighted by Gasteiger charge is 2.12. The summed E-state index contributed by atoms with van der Waals surface area (Å²) in [6, 6.07) is 15.2. The first-order chi connectivity index (χ1) is 12.0. The smallest absolute Gasteiger partial charge is 0.224 e. The average molecular weight is 340 g/mol. The summed E-state index contributed by atoms with van der Waals surface area (Å²) in [6.07, 6.45) is 0.334. The lowest BCUT2D eigenvalue weighted by Crippen LogP contribution is -2.38. The van der Waals surface area contributed by atoms with Crippen LogP contribution in [0.3, 0.4) is 0 Å². The van der Waals surface area contributed by atoms with Gasteiger partial charge in [0.05, 0.1) is 13.5 Å². The minimum atomic E-state index is -0.0822. The minimum Gasteiger partial charge on any atom is -0.497 e. The van der Waals surface area contributed by atoms with Crippen LogP contribution in [0, 0.1) is 6.92 Å². The predicted octanol–water partition coefficient (Wildman–Crippen LogP) is 2.72. The first-order valence-corrected chi connectivity index (χ1v) is 8.24. The molecule has 2 aromatic rings. The number of rotatable bonds is 7. The lowest BCUT2D eigenvalue weighted by molar-refractivity contribution is -0.121. The fourth-order valence-electron chi connectivity index (χ4n) is 2.62. The number of aryl methyl sites for hydroxylation is 1. The molecule has 0 fully saturated rings. The van der Waals surface area contributed by atoms with Gasteiger partial charge >= 0.3 is 0 Å². The number of anilines is 1. The zero-order chi connectivity index (χ0) is 18.2. The summed E-state index contributed by atoms with van der Waals surface area (Å²) in [6.45, 7) is 4.30. The molecule has 2 amide bonds. The standard InChI is InChI=1S/C20H24N2O3/c1-15-6-4-7-17(12-15)13-20(24)21-10-11-22(16(2)23)18-8-5-9-19(14-18)25-3/h4-9,12,14H,10-11,13H2,1-3H3,(H,21,24). The Hall–Kier alpha value is -2.82. The zero-order valence-corrected chi connectivity index (χ0v) is 14.9. The average Bonchev–Trinajstić information content (AvgIpc) is 2.58. The van der Waals surface area contributed by atoms with E-state index in [0.29, 0.717) is 25.3 Å². The largest absolute Gasteiger partial charge is 0.497 e. The quantitative estimate of drug-likeness (QED) is 0.843. The maximum Gasteiger partial charge on any atom is 0.224 e. The molecule has 132 valence electrons. The second-order valence-corrected chi connectivity index (χ2v) is 5.89. The highest BCUT2D eigenvalue weighted by Crippen LogP contribution is 2.20. The molecule has 0 atom stereocenters. The molecule has 0 saturated carbocycles. The number of methoxy groups -OCH3 is 1. The van der Waals surface area contributed by atoms with E-state index in [1.54, 1.807) is 18.1 Å². The Bertz CT molecular complexity index is 743. The summed E-state index contributed by atoms with van der Waals surface area (Å²) in [5.41, 5.74) is 2.86. The van der Waals surface area contributed by atoms with Gasteiger partial charge in [-0.1, -0.05) is 35.9 Å². The fraction of sp³-hybridized carbons (Fsp3) is 0.300. The van der Waals surface area contributed by atoms with E-state index < -0.39 is 0 Å². The van der Waals surface area contributed by atoms with E-state index in [1.807, 2.05) is 49.4 Å². The normalized spacial score (nSPS) is 10.2. The molecule has 0 aliphatic heterocycles. The molecule has 25 heavy (non-hydrogen) atoms. The van der Waals surface area contributed by atoms with Crippen molar-refractivity contribution in [1.29, 1.82) is 0 Å². The van der Waals surface area contributed by atoms with Crippen LogP contribution in [0.25, 0.3) is 0 Å². The minimum absolute atomic E-state index is 0.0558. The zero-order valence-electron chi connectivity index (χ0n) is 14.9. The Kier molecular flexibility index (Phi) is 6.57. The van der Waals surface area contributed by atoms with Crippen molar-refractivity contribution >= 4 is 17.5 Å². The van der Waals surface area contributed by atoms with Crippen LogP contribution < -0.4 is 15.0 Å². The number of nitrogens with zero attached hydrogens (tertiary/aromatic N) is 1. The molecular weight excluding hydrogens is 316 g/mol. The fourth-order valence-corrected chi connectivity index (χ4v) is 2.62. The summed E-state index contributed by atoms with van der Waals surface area (Å²) in [5, 5.41) is 2.87. The molecule has 0 aliphatic carbocycles. The molecular formula is C20H24N2O3. The first-order valence-electron chi connectivity index (χ1n) is 8.24. The van der Waals surface area contributed by atoms with E-state index in [9.17, 15) is 9.59 Å². The summed E-state index contributed by atoms with van der Waals surface area (Å²) in [4.78, 5) is 25.6. The van der Waals surface area contributed by atoms with Gasteiger partial charge in [0.1, 0.15) is 5.75 Å². The van der Waals surface area contributed by atoms with Gasteiger partial charge in [-0.05, 0) is 24.6 Å². The van der Waals surface area contributed by atoms with Gasteiger partial charge in [-0.25, -0.2) is 0 Å². The Morgan fingerprint density at radius 3 is 2.56 bits per heavy atom. The van der Waals surface area contributed by atoms with Crippen LogP contribution in [0.15, 0.2) is 48.5 Å². The molecule has 5 nitrogen and oxygen atoms in total. The van der Waals surface area contributed by atoms with Crippen LogP contribution in [-0.4, -0.2) is 32.0 Å². The number of amides is 2. The third-order valence-electron chi connectivity index (χ3n) is 3.85.